The van der Waals surface area contributed by atoms with E-state index in [2.05, 4.69) is 47.3 Å². The lowest BCUT2D eigenvalue weighted by Crippen LogP contribution is -2.51. The zero-order chi connectivity index (χ0) is 14.0. The van der Waals surface area contributed by atoms with Crippen LogP contribution in [-0.2, 0) is 6.54 Å². The van der Waals surface area contributed by atoms with E-state index in [9.17, 15) is 0 Å². The van der Waals surface area contributed by atoms with Gasteiger partial charge in [0.2, 0.25) is 0 Å². The van der Waals surface area contributed by atoms with Crippen molar-refractivity contribution in [3.05, 3.63) is 18.2 Å². The van der Waals surface area contributed by atoms with E-state index in [4.69, 9.17) is 5.73 Å². The Morgan fingerprint density at radius 3 is 2.79 bits per heavy atom. The first-order chi connectivity index (χ1) is 8.99. The number of piperazine rings is 1. The first kappa shape index (κ1) is 14.5. The number of likely N-dealkylation sites (N-methyl/N-ethyl adjacent to an activating group) is 2. The van der Waals surface area contributed by atoms with Gasteiger partial charge in [-0.2, -0.15) is 0 Å². The zero-order valence-corrected chi connectivity index (χ0v) is 12.6. The summed E-state index contributed by atoms with van der Waals surface area (Å²) in [6.45, 7) is 8.66. The fourth-order valence-electron chi connectivity index (χ4n) is 2.63. The van der Waals surface area contributed by atoms with Crippen molar-refractivity contribution in [3.63, 3.8) is 0 Å². The van der Waals surface area contributed by atoms with Gasteiger partial charge in [0.25, 0.3) is 0 Å². The van der Waals surface area contributed by atoms with Gasteiger partial charge in [-0.15, -0.1) is 0 Å². The molecule has 2 N–H and O–H groups in total. The minimum atomic E-state index is 0.0640. The lowest BCUT2D eigenvalue weighted by atomic mass is 10.0. The number of aromatic nitrogens is 2. The summed E-state index contributed by atoms with van der Waals surface area (Å²) in [6, 6.07) is 0.597. The fraction of sp³-hybridized carbons (Fsp3) is 0.786. The molecule has 108 valence electrons. The Hall–Kier alpha value is -0.910. The van der Waals surface area contributed by atoms with Crippen LogP contribution >= 0.6 is 0 Å². The molecule has 5 nitrogen and oxygen atoms in total. The molecule has 1 aromatic rings. The van der Waals surface area contributed by atoms with E-state index in [0.29, 0.717) is 12.0 Å². The summed E-state index contributed by atoms with van der Waals surface area (Å²) in [5.41, 5.74) is 7.41. The third kappa shape index (κ3) is 3.35. The maximum atomic E-state index is 6.27. The highest BCUT2D eigenvalue weighted by molar-refractivity contribution is 5.06. The Balaban J connectivity index is 2.08. The lowest BCUT2D eigenvalue weighted by Gasteiger charge is -2.38. The molecule has 2 atom stereocenters. The molecule has 0 aromatic carbocycles. The van der Waals surface area contributed by atoms with Crippen LogP contribution in [0, 0.1) is 5.92 Å². The molecule has 5 heteroatoms. The van der Waals surface area contributed by atoms with Gasteiger partial charge in [0.15, 0.2) is 0 Å². The first-order valence-electron chi connectivity index (χ1n) is 7.13. The van der Waals surface area contributed by atoms with Crippen molar-refractivity contribution in [3.8, 4) is 0 Å². The molecule has 1 saturated heterocycles. The highest BCUT2D eigenvalue weighted by atomic mass is 15.3. The number of imidazole rings is 1. The van der Waals surface area contributed by atoms with Gasteiger partial charge in [-0.25, -0.2) is 4.98 Å². The molecule has 1 aromatic heterocycles. The molecule has 0 radical (unpaired) electrons. The van der Waals surface area contributed by atoms with Crippen molar-refractivity contribution in [1.82, 2.24) is 19.4 Å². The van der Waals surface area contributed by atoms with Gasteiger partial charge in [-0.1, -0.05) is 13.8 Å². The van der Waals surface area contributed by atoms with Gasteiger partial charge in [0, 0.05) is 44.5 Å². The summed E-state index contributed by atoms with van der Waals surface area (Å²) in [5, 5.41) is 0. The second kappa shape index (κ2) is 6.03. The molecule has 1 aliphatic rings. The van der Waals surface area contributed by atoms with Crippen molar-refractivity contribution >= 4 is 0 Å². The summed E-state index contributed by atoms with van der Waals surface area (Å²) in [4.78, 5) is 9.11. The average Bonchev–Trinajstić information content (AvgIpc) is 2.81. The normalized spacial score (nSPS) is 24.0. The van der Waals surface area contributed by atoms with Crippen LogP contribution in [0.1, 0.15) is 25.6 Å². The van der Waals surface area contributed by atoms with Gasteiger partial charge >= 0.3 is 0 Å². The average molecular weight is 265 g/mol. The Morgan fingerprint density at radius 1 is 1.37 bits per heavy atom. The van der Waals surface area contributed by atoms with Crippen LogP contribution < -0.4 is 5.73 Å². The van der Waals surface area contributed by atoms with Gasteiger partial charge in [-0.05, 0) is 20.0 Å². The Kier molecular flexibility index (Phi) is 4.60. The predicted molar refractivity (Wildman–Crippen MR) is 77.9 cm³/mol. The molecule has 0 aliphatic carbocycles. The molecule has 0 spiro atoms. The molecule has 1 aliphatic heterocycles. The summed E-state index contributed by atoms with van der Waals surface area (Å²) in [6.07, 6.45) is 3.83. The predicted octanol–water partition coefficient (Wildman–Crippen LogP) is 0.785. The molecule has 2 rings (SSSR count). The van der Waals surface area contributed by atoms with Crippen LogP contribution in [0.2, 0.25) is 0 Å². The molecule has 2 unspecified atom stereocenters. The minimum Gasteiger partial charge on any atom is -0.332 e. The van der Waals surface area contributed by atoms with Crippen LogP contribution in [-0.4, -0.2) is 59.1 Å². The Bertz CT molecular complexity index is 400. The first-order valence-corrected chi connectivity index (χ1v) is 7.13. The summed E-state index contributed by atoms with van der Waals surface area (Å²) in [7, 11) is 4.39. The molecule has 0 bridgehead atoms. The fourth-order valence-corrected chi connectivity index (χ4v) is 2.63. The molecule has 19 heavy (non-hydrogen) atoms. The van der Waals surface area contributed by atoms with Crippen molar-refractivity contribution in [2.45, 2.75) is 32.5 Å². The summed E-state index contributed by atoms with van der Waals surface area (Å²) >= 11 is 0. The molecule has 1 fully saturated rings. The van der Waals surface area contributed by atoms with Crippen LogP contribution in [0.15, 0.2) is 12.5 Å². The van der Waals surface area contributed by atoms with Gasteiger partial charge in [0.1, 0.15) is 0 Å². The van der Waals surface area contributed by atoms with E-state index in [0.717, 1.165) is 31.9 Å². The topological polar surface area (TPSA) is 50.3 Å². The highest BCUT2D eigenvalue weighted by Gasteiger charge is 2.24. The van der Waals surface area contributed by atoms with E-state index < -0.39 is 0 Å². The second-order valence-corrected chi connectivity index (χ2v) is 6.14. The van der Waals surface area contributed by atoms with Crippen LogP contribution in [0.5, 0.6) is 0 Å². The monoisotopic (exact) mass is 265 g/mol. The van der Waals surface area contributed by atoms with Gasteiger partial charge < -0.3 is 15.2 Å². The van der Waals surface area contributed by atoms with Crippen LogP contribution in [0.4, 0.5) is 0 Å². The van der Waals surface area contributed by atoms with Gasteiger partial charge in [0.05, 0.1) is 12.0 Å². The van der Waals surface area contributed by atoms with Crippen molar-refractivity contribution in [2.24, 2.45) is 11.7 Å². The zero-order valence-electron chi connectivity index (χ0n) is 12.6. The van der Waals surface area contributed by atoms with E-state index in [1.807, 2.05) is 12.5 Å². The van der Waals surface area contributed by atoms with Crippen LogP contribution in [0.3, 0.4) is 0 Å². The third-order valence-electron chi connectivity index (χ3n) is 4.19. The van der Waals surface area contributed by atoms with Crippen LogP contribution in [0.25, 0.3) is 0 Å². The molecular formula is C14H27N5. The van der Waals surface area contributed by atoms with Crippen molar-refractivity contribution in [2.75, 3.05) is 33.7 Å². The van der Waals surface area contributed by atoms with E-state index in [1.165, 1.54) is 0 Å². The highest BCUT2D eigenvalue weighted by Crippen LogP contribution is 2.19. The SMILES string of the molecule is CC(C)C(N)c1cncn1CC1CN(C)CCN1C. The summed E-state index contributed by atoms with van der Waals surface area (Å²) in [5.74, 6) is 0.433. The van der Waals surface area contributed by atoms with E-state index >= 15 is 0 Å². The third-order valence-corrected chi connectivity index (χ3v) is 4.19. The molecule has 2 heterocycles. The maximum Gasteiger partial charge on any atom is 0.0949 e. The van der Waals surface area contributed by atoms with E-state index in [-0.39, 0.29) is 6.04 Å². The van der Waals surface area contributed by atoms with E-state index in [1.54, 1.807) is 0 Å². The Morgan fingerprint density at radius 2 is 2.11 bits per heavy atom. The largest absolute Gasteiger partial charge is 0.332 e. The number of nitrogens with two attached hydrogens (primary N) is 1. The molecule has 0 amide bonds. The number of nitrogens with zero attached hydrogens (tertiary/aromatic N) is 4. The van der Waals surface area contributed by atoms with Crippen molar-refractivity contribution < 1.29 is 0 Å². The Labute approximate surface area is 116 Å². The minimum absolute atomic E-state index is 0.0640. The quantitative estimate of drug-likeness (QED) is 0.874. The number of hydrogen-bond acceptors (Lipinski definition) is 4. The molecule has 0 saturated carbocycles. The number of rotatable bonds is 4. The van der Waals surface area contributed by atoms with Crippen molar-refractivity contribution in [1.29, 1.82) is 0 Å². The number of hydrogen-bond donors (Lipinski definition) is 1. The standard InChI is InChI=1S/C14H27N5/c1-11(2)14(15)13-7-16-10-19(13)9-12-8-17(3)5-6-18(12)4/h7,10-12,14H,5-6,8-9,15H2,1-4H3. The lowest BCUT2D eigenvalue weighted by molar-refractivity contribution is 0.102. The maximum absolute atomic E-state index is 6.27. The van der Waals surface area contributed by atoms with Gasteiger partial charge in [-0.3, -0.25) is 4.90 Å². The smallest absolute Gasteiger partial charge is 0.0949 e. The molecular weight excluding hydrogens is 238 g/mol. The summed E-state index contributed by atoms with van der Waals surface area (Å²) < 4.78 is 2.23. The second-order valence-electron chi connectivity index (χ2n) is 6.14.